The highest BCUT2D eigenvalue weighted by molar-refractivity contribution is 4.24. The fraction of sp³-hybridized carbons (Fsp3) is 1.00. The average molecular weight is 121 g/mol. The van der Waals surface area contributed by atoms with Gasteiger partial charge >= 0.3 is 0 Å². The van der Waals surface area contributed by atoms with Gasteiger partial charge in [-0.2, -0.15) is 0 Å². The monoisotopic (exact) mass is 121 g/mol. The Balaban J connectivity index is 3.35. The smallest absolute Gasteiger partial charge is 0.154 e. The van der Waals surface area contributed by atoms with Gasteiger partial charge in [-0.1, -0.05) is 0 Å². The number of hydrogen-bond donors (Lipinski definition) is 1. The predicted molar refractivity (Wildman–Crippen MR) is 27.5 cm³/mol. The molecule has 0 aliphatic carbocycles. The van der Waals surface area contributed by atoms with Gasteiger partial charge < -0.3 is 5.11 Å². The molecule has 0 aromatic rings. The van der Waals surface area contributed by atoms with Crippen molar-refractivity contribution in [3.63, 3.8) is 0 Å². The number of aliphatic hydroxyl groups excluding tert-OH is 1. The molecule has 4 nitrogen and oxygen atoms in total. The van der Waals surface area contributed by atoms with E-state index in [1.807, 2.05) is 0 Å². The van der Waals surface area contributed by atoms with E-state index in [0.717, 1.165) is 5.23 Å². The first-order valence-electron chi connectivity index (χ1n) is 2.28. The van der Waals surface area contributed by atoms with Gasteiger partial charge in [0, 0.05) is 0 Å². The minimum Gasteiger partial charge on any atom is -0.374 e. The molecule has 8 heavy (non-hydrogen) atoms. The zero-order valence-corrected chi connectivity index (χ0v) is 5.29. The Bertz CT molecular complexity index is 53.2. The molecule has 0 radical (unpaired) electrons. The van der Waals surface area contributed by atoms with E-state index in [4.69, 9.17) is 5.11 Å². The zero-order chi connectivity index (χ0) is 6.57. The van der Waals surface area contributed by atoms with Crippen LogP contribution in [0.2, 0.25) is 0 Å². The van der Waals surface area contributed by atoms with Crippen LogP contribution in [0.4, 0.5) is 0 Å². The van der Waals surface area contributed by atoms with Crippen LogP contribution < -0.4 is 0 Å². The molecule has 0 aliphatic heterocycles. The van der Waals surface area contributed by atoms with E-state index in [1.165, 1.54) is 21.1 Å². The normalized spacial score (nSPS) is 14.6. The Labute approximate surface area is 48.5 Å². The van der Waals surface area contributed by atoms with E-state index >= 15 is 0 Å². The van der Waals surface area contributed by atoms with Gasteiger partial charge in [-0.3, -0.25) is 9.68 Å². The summed E-state index contributed by atoms with van der Waals surface area (Å²) in [5.74, 6) is 0. The van der Waals surface area contributed by atoms with Crippen molar-refractivity contribution in [3.8, 4) is 0 Å². The van der Waals surface area contributed by atoms with Gasteiger partial charge in [0.15, 0.2) is 6.23 Å². The molecule has 0 fully saturated rings. The quantitative estimate of drug-likeness (QED) is 0.413. The first kappa shape index (κ1) is 7.84. The largest absolute Gasteiger partial charge is 0.374 e. The van der Waals surface area contributed by atoms with Crippen LogP contribution >= 0.6 is 0 Å². The highest BCUT2D eigenvalue weighted by atomic mass is 17.0. The summed E-state index contributed by atoms with van der Waals surface area (Å²) in [6.07, 6.45) is -0.731. The fourth-order valence-corrected chi connectivity index (χ4v) is 0.380. The van der Waals surface area contributed by atoms with Crippen molar-refractivity contribution in [1.29, 1.82) is 0 Å². The van der Waals surface area contributed by atoms with Gasteiger partial charge in [0.25, 0.3) is 0 Å². The SMILES string of the molecule is CON(OC)C(C)O. The second-order valence-corrected chi connectivity index (χ2v) is 1.28. The predicted octanol–water partition coefficient (Wildman–Crippen LogP) is -0.251. The van der Waals surface area contributed by atoms with Gasteiger partial charge in [-0.15, -0.1) is 0 Å². The van der Waals surface area contributed by atoms with Gasteiger partial charge in [-0.05, 0) is 12.2 Å². The van der Waals surface area contributed by atoms with Gasteiger partial charge in [0.05, 0.1) is 14.2 Å². The van der Waals surface area contributed by atoms with Crippen LogP contribution in [0.15, 0.2) is 0 Å². The maximum Gasteiger partial charge on any atom is 0.154 e. The Morgan fingerprint density at radius 3 is 1.75 bits per heavy atom. The van der Waals surface area contributed by atoms with E-state index in [9.17, 15) is 0 Å². The molecule has 0 saturated heterocycles. The van der Waals surface area contributed by atoms with Crippen LogP contribution in [0.3, 0.4) is 0 Å². The van der Waals surface area contributed by atoms with Crippen LogP contribution in [-0.2, 0) is 9.68 Å². The molecule has 4 heteroatoms. The van der Waals surface area contributed by atoms with Crippen molar-refractivity contribution in [2.75, 3.05) is 14.2 Å². The number of hydroxylamine groups is 2. The highest BCUT2D eigenvalue weighted by Crippen LogP contribution is 1.92. The van der Waals surface area contributed by atoms with Crippen LogP contribution in [-0.4, -0.2) is 30.8 Å². The third kappa shape index (κ3) is 2.23. The molecule has 0 amide bonds. The Kier molecular flexibility index (Phi) is 3.72. The molecule has 50 valence electrons. The van der Waals surface area contributed by atoms with Crippen LogP contribution in [0.1, 0.15) is 6.92 Å². The van der Waals surface area contributed by atoms with Crippen molar-refractivity contribution in [3.05, 3.63) is 0 Å². The van der Waals surface area contributed by atoms with E-state index in [1.54, 1.807) is 0 Å². The maximum atomic E-state index is 8.69. The van der Waals surface area contributed by atoms with Crippen molar-refractivity contribution in [1.82, 2.24) is 5.23 Å². The molecule has 0 saturated carbocycles. The highest BCUT2D eigenvalue weighted by Gasteiger charge is 2.06. The van der Waals surface area contributed by atoms with Crippen LogP contribution in [0.5, 0.6) is 0 Å². The van der Waals surface area contributed by atoms with Crippen molar-refractivity contribution >= 4 is 0 Å². The molecule has 0 heterocycles. The first-order valence-corrected chi connectivity index (χ1v) is 2.28. The van der Waals surface area contributed by atoms with E-state index in [2.05, 4.69) is 9.68 Å². The minimum absolute atomic E-state index is 0.731. The third-order valence-corrected chi connectivity index (χ3v) is 0.665. The maximum absolute atomic E-state index is 8.69. The van der Waals surface area contributed by atoms with Gasteiger partial charge in [-0.25, -0.2) is 0 Å². The zero-order valence-electron chi connectivity index (χ0n) is 5.29. The summed E-state index contributed by atoms with van der Waals surface area (Å²) in [6.45, 7) is 1.53. The summed E-state index contributed by atoms with van der Waals surface area (Å²) >= 11 is 0. The summed E-state index contributed by atoms with van der Waals surface area (Å²) in [4.78, 5) is 9.04. The van der Waals surface area contributed by atoms with Crippen LogP contribution in [0, 0.1) is 0 Å². The van der Waals surface area contributed by atoms with Gasteiger partial charge in [0.2, 0.25) is 0 Å². The Morgan fingerprint density at radius 1 is 1.38 bits per heavy atom. The summed E-state index contributed by atoms with van der Waals surface area (Å²) in [7, 11) is 2.83. The second-order valence-electron chi connectivity index (χ2n) is 1.28. The molecule has 0 spiro atoms. The van der Waals surface area contributed by atoms with E-state index < -0.39 is 6.23 Å². The molecule has 0 bridgehead atoms. The Hall–Kier alpha value is -0.160. The molecule has 1 atom stereocenters. The minimum atomic E-state index is -0.731. The third-order valence-electron chi connectivity index (χ3n) is 0.665. The summed E-state index contributed by atoms with van der Waals surface area (Å²) < 4.78 is 0. The molecule has 0 aliphatic rings. The molecule has 1 unspecified atom stereocenters. The molecule has 0 rings (SSSR count). The lowest BCUT2D eigenvalue weighted by atomic mass is 10.7. The van der Waals surface area contributed by atoms with Crippen molar-refractivity contribution < 1.29 is 14.8 Å². The Morgan fingerprint density at radius 2 is 1.75 bits per heavy atom. The van der Waals surface area contributed by atoms with Gasteiger partial charge in [0.1, 0.15) is 0 Å². The van der Waals surface area contributed by atoms with E-state index in [-0.39, 0.29) is 0 Å². The number of rotatable bonds is 3. The number of nitrogens with zero attached hydrogens (tertiary/aromatic N) is 1. The molecule has 0 aromatic carbocycles. The summed E-state index contributed by atoms with van der Waals surface area (Å²) in [6, 6.07) is 0. The molecular weight excluding hydrogens is 110 g/mol. The van der Waals surface area contributed by atoms with E-state index in [0.29, 0.717) is 0 Å². The average Bonchev–Trinajstić information content (AvgIpc) is 1.69. The lowest BCUT2D eigenvalue weighted by Gasteiger charge is -2.17. The summed E-state index contributed by atoms with van der Waals surface area (Å²) in [5, 5.41) is 9.66. The fourth-order valence-electron chi connectivity index (χ4n) is 0.380. The lowest BCUT2D eigenvalue weighted by molar-refractivity contribution is -0.393. The lowest BCUT2D eigenvalue weighted by Crippen LogP contribution is -2.30. The van der Waals surface area contributed by atoms with Crippen molar-refractivity contribution in [2.45, 2.75) is 13.2 Å². The van der Waals surface area contributed by atoms with Crippen molar-refractivity contribution in [2.24, 2.45) is 0 Å². The standard InChI is InChI=1S/C4H11NO3/c1-4(6)5(7-2)8-3/h4,6H,1-3H3. The number of aliphatic hydroxyl groups is 1. The molecule has 1 N–H and O–H groups in total. The summed E-state index contributed by atoms with van der Waals surface area (Å²) in [5.41, 5.74) is 0. The number of hydrogen-bond acceptors (Lipinski definition) is 4. The van der Waals surface area contributed by atoms with Crippen LogP contribution in [0.25, 0.3) is 0 Å². The molecular formula is C4H11NO3. The first-order chi connectivity index (χ1) is 3.72. The molecule has 0 aromatic heterocycles. The topological polar surface area (TPSA) is 41.9 Å². The second kappa shape index (κ2) is 3.80.